The highest BCUT2D eigenvalue weighted by Crippen LogP contribution is 2.52. The summed E-state index contributed by atoms with van der Waals surface area (Å²) in [6, 6.07) is 0.439. The summed E-state index contributed by atoms with van der Waals surface area (Å²) in [7, 11) is 0. The zero-order chi connectivity index (χ0) is 16.4. The van der Waals surface area contributed by atoms with Crippen LogP contribution in [0.3, 0.4) is 0 Å². The molecule has 0 aromatic carbocycles. The van der Waals surface area contributed by atoms with Crippen molar-refractivity contribution in [2.24, 2.45) is 16.3 Å². The lowest BCUT2D eigenvalue weighted by molar-refractivity contribution is -0.106. The second-order valence-electron chi connectivity index (χ2n) is 7.06. The molecule has 1 aliphatic heterocycles. The van der Waals surface area contributed by atoms with Crippen LogP contribution in [-0.4, -0.2) is 42.8 Å². The zero-order valence-corrected chi connectivity index (χ0v) is 18.1. The van der Waals surface area contributed by atoms with Crippen molar-refractivity contribution in [2.45, 2.75) is 52.7 Å². The van der Waals surface area contributed by atoms with Crippen LogP contribution in [-0.2, 0) is 11.2 Å². The van der Waals surface area contributed by atoms with Crippen molar-refractivity contribution < 1.29 is 4.74 Å². The molecule has 2 N–H and O–H groups in total. The van der Waals surface area contributed by atoms with E-state index in [0.717, 1.165) is 49.2 Å². The highest BCUT2D eigenvalue weighted by Gasteiger charge is 2.59. The van der Waals surface area contributed by atoms with Gasteiger partial charge in [-0.25, -0.2) is 4.98 Å². The molecule has 3 unspecified atom stereocenters. The van der Waals surface area contributed by atoms with Crippen molar-refractivity contribution in [2.75, 3.05) is 19.7 Å². The van der Waals surface area contributed by atoms with Crippen LogP contribution in [0.2, 0.25) is 0 Å². The number of aryl methyl sites for hydroxylation is 1. The van der Waals surface area contributed by atoms with Gasteiger partial charge in [-0.15, -0.1) is 35.3 Å². The number of aromatic nitrogens is 1. The van der Waals surface area contributed by atoms with Crippen molar-refractivity contribution in [1.82, 2.24) is 15.6 Å². The predicted octanol–water partition coefficient (Wildman–Crippen LogP) is 2.98. The Balaban J connectivity index is 0.00000208. The van der Waals surface area contributed by atoms with Gasteiger partial charge in [0, 0.05) is 48.9 Å². The number of ether oxygens (including phenoxy) is 1. The molecular formula is C17H29IN4OS. The Bertz CT molecular complexity index is 575. The summed E-state index contributed by atoms with van der Waals surface area (Å²) < 4.78 is 5.87. The molecule has 0 radical (unpaired) electrons. The van der Waals surface area contributed by atoms with Crippen LogP contribution >= 0.6 is 35.3 Å². The molecule has 1 aromatic rings. The molecule has 24 heavy (non-hydrogen) atoms. The van der Waals surface area contributed by atoms with Crippen LogP contribution in [0.25, 0.3) is 0 Å². The fraction of sp³-hybridized carbons (Fsp3) is 0.765. The van der Waals surface area contributed by atoms with E-state index in [1.165, 1.54) is 0 Å². The third-order valence-electron chi connectivity index (χ3n) is 5.04. The van der Waals surface area contributed by atoms with E-state index in [1.54, 1.807) is 11.3 Å². The van der Waals surface area contributed by atoms with E-state index < -0.39 is 0 Å². The molecule has 1 aromatic heterocycles. The number of rotatable bonds is 5. The summed E-state index contributed by atoms with van der Waals surface area (Å²) in [6.07, 6.45) is 2.45. The van der Waals surface area contributed by atoms with Gasteiger partial charge >= 0.3 is 0 Å². The molecule has 0 spiro atoms. The first-order chi connectivity index (χ1) is 11.0. The first kappa shape index (κ1) is 19.9. The normalized spacial score (nSPS) is 27.8. The largest absolute Gasteiger partial charge is 0.377 e. The minimum Gasteiger partial charge on any atom is -0.377 e. The molecule has 1 saturated carbocycles. The third-order valence-corrected chi connectivity index (χ3v) is 5.86. The van der Waals surface area contributed by atoms with E-state index in [1.807, 2.05) is 6.92 Å². The van der Waals surface area contributed by atoms with E-state index in [9.17, 15) is 0 Å². The Hall–Kier alpha value is -0.410. The fourth-order valence-electron chi connectivity index (χ4n) is 3.89. The number of thiazole rings is 1. The van der Waals surface area contributed by atoms with Crippen LogP contribution in [0.5, 0.6) is 0 Å². The average molecular weight is 464 g/mol. The number of hydrogen-bond acceptors (Lipinski definition) is 4. The van der Waals surface area contributed by atoms with Gasteiger partial charge in [0.15, 0.2) is 5.96 Å². The first-order valence-corrected chi connectivity index (χ1v) is 9.47. The smallest absolute Gasteiger partial charge is 0.191 e. The molecule has 2 aliphatic rings. The predicted molar refractivity (Wildman–Crippen MR) is 111 cm³/mol. The van der Waals surface area contributed by atoms with Crippen LogP contribution in [0, 0.1) is 18.3 Å². The Morgan fingerprint density at radius 2 is 2.29 bits per heavy atom. The van der Waals surface area contributed by atoms with E-state index in [4.69, 9.17) is 9.73 Å². The molecule has 2 heterocycles. The van der Waals surface area contributed by atoms with Crippen molar-refractivity contribution >= 4 is 41.3 Å². The molecule has 3 atom stereocenters. The first-order valence-electron chi connectivity index (χ1n) is 8.60. The Morgan fingerprint density at radius 1 is 1.50 bits per heavy atom. The maximum atomic E-state index is 5.87. The van der Waals surface area contributed by atoms with Gasteiger partial charge in [0.05, 0.1) is 16.8 Å². The number of aliphatic imine (C=N–C) groups is 1. The minimum atomic E-state index is 0. The van der Waals surface area contributed by atoms with Crippen LogP contribution in [0.4, 0.5) is 0 Å². The summed E-state index contributed by atoms with van der Waals surface area (Å²) in [5.74, 6) is 1.54. The summed E-state index contributed by atoms with van der Waals surface area (Å²) in [5.41, 5.74) is 1.31. The monoisotopic (exact) mass is 464 g/mol. The van der Waals surface area contributed by atoms with E-state index in [0.29, 0.717) is 18.1 Å². The van der Waals surface area contributed by atoms with Gasteiger partial charge in [0.1, 0.15) is 0 Å². The summed E-state index contributed by atoms with van der Waals surface area (Å²) in [6.45, 7) is 11.3. The number of nitrogens with one attached hydrogen (secondary N) is 2. The highest BCUT2D eigenvalue weighted by molar-refractivity contribution is 14.0. The SMILES string of the molecule is CCNC(=NCCc1csc(C)n1)NC1C2CCOC2C1(C)C.I. The number of halogens is 1. The van der Waals surface area contributed by atoms with Crippen molar-refractivity contribution in [3.63, 3.8) is 0 Å². The molecule has 1 saturated heterocycles. The van der Waals surface area contributed by atoms with Crippen LogP contribution in [0.1, 0.15) is 37.9 Å². The molecular weight excluding hydrogens is 435 g/mol. The third kappa shape index (κ3) is 4.04. The van der Waals surface area contributed by atoms with Gasteiger partial charge in [-0.3, -0.25) is 4.99 Å². The lowest BCUT2D eigenvalue weighted by Crippen LogP contribution is -2.68. The number of fused-ring (bicyclic) bond motifs is 1. The lowest BCUT2D eigenvalue weighted by atomic mass is 9.57. The molecule has 0 amide bonds. The van der Waals surface area contributed by atoms with Gasteiger partial charge in [-0.2, -0.15) is 0 Å². The van der Waals surface area contributed by atoms with Gasteiger partial charge in [-0.05, 0) is 20.3 Å². The standard InChI is InChI=1S/C17H28N4OS.HI/c1-5-18-16(19-8-6-12-10-23-11(2)20-12)21-14-13-7-9-22-15(13)17(14,3)4;/h10,13-15H,5-9H2,1-4H3,(H2,18,19,21);1H. The summed E-state index contributed by atoms with van der Waals surface area (Å²) in [4.78, 5) is 9.24. The zero-order valence-electron chi connectivity index (χ0n) is 15.0. The Morgan fingerprint density at radius 3 is 2.96 bits per heavy atom. The molecule has 136 valence electrons. The second kappa shape index (κ2) is 8.31. The van der Waals surface area contributed by atoms with Gasteiger partial charge in [0.2, 0.25) is 0 Å². The quantitative estimate of drug-likeness (QED) is 0.400. The van der Waals surface area contributed by atoms with Crippen molar-refractivity contribution in [3.8, 4) is 0 Å². The second-order valence-corrected chi connectivity index (χ2v) is 8.12. The van der Waals surface area contributed by atoms with E-state index >= 15 is 0 Å². The lowest BCUT2D eigenvalue weighted by Gasteiger charge is -2.54. The average Bonchev–Trinajstić information content (AvgIpc) is 3.12. The highest BCUT2D eigenvalue weighted by atomic mass is 127. The maximum Gasteiger partial charge on any atom is 0.191 e. The number of guanidine groups is 1. The molecule has 5 nitrogen and oxygen atoms in total. The number of nitrogens with zero attached hydrogens (tertiary/aromatic N) is 2. The fourth-order valence-corrected chi connectivity index (χ4v) is 4.54. The molecule has 1 aliphatic carbocycles. The van der Waals surface area contributed by atoms with Gasteiger partial charge < -0.3 is 15.4 Å². The van der Waals surface area contributed by atoms with Crippen molar-refractivity contribution in [3.05, 3.63) is 16.1 Å². The van der Waals surface area contributed by atoms with E-state index in [-0.39, 0.29) is 29.4 Å². The molecule has 0 bridgehead atoms. The Labute approximate surface area is 166 Å². The summed E-state index contributed by atoms with van der Waals surface area (Å²) >= 11 is 1.70. The molecule has 3 rings (SSSR count). The maximum absolute atomic E-state index is 5.87. The summed E-state index contributed by atoms with van der Waals surface area (Å²) in [5, 5.41) is 10.3. The van der Waals surface area contributed by atoms with Gasteiger partial charge in [0.25, 0.3) is 0 Å². The van der Waals surface area contributed by atoms with Crippen LogP contribution < -0.4 is 10.6 Å². The van der Waals surface area contributed by atoms with Crippen LogP contribution in [0.15, 0.2) is 10.4 Å². The molecule has 2 fully saturated rings. The minimum absolute atomic E-state index is 0. The van der Waals surface area contributed by atoms with E-state index in [2.05, 4.69) is 41.8 Å². The van der Waals surface area contributed by atoms with Gasteiger partial charge in [-0.1, -0.05) is 13.8 Å². The molecule has 7 heteroatoms. The Kier molecular flexibility index (Phi) is 6.90. The topological polar surface area (TPSA) is 58.5 Å². The van der Waals surface area contributed by atoms with Crippen molar-refractivity contribution in [1.29, 1.82) is 0 Å². The number of hydrogen-bond donors (Lipinski definition) is 2.